The van der Waals surface area contributed by atoms with E-state index in [9.17, 15) is 19.4 Å². The zero-order valence-corrected chi connectivity index (χ0v) is 17.1. The second-order valence-electron chi connectivity index (χ2n) is 7.93. The van der Waals surface area contributed by atoms with Crippen LogP contribution in [0, 0.1) is 5.82 Å². The molecule has 5 rings (SSSR count). The van der Waals surface area contributed by atoms with Crippen molar-refractivity contribution in [1.29, 1.82) is 0 Å². The molecule has 3 N–H and O–H groups in total. The van der Waals surface area contributed by atoms with Crippen molar-refractivity contribution in [1.82, 2.24) is 9.97 Å². The first kappa shape index (κ1) is 19.7. The molecular weight excluding hydrogens is 419 g/mol. The van der Waals surface area contributed by atoms with E-state index in [4.69, 9.17) is 11.6 Å². The number of halogens is 2. The lowest BCUT2D eigenvalue weighted by atomic mass is 9.93. The summed E-state index contributed by atoms with van der Waals surface area (Å²) in [4.78, 5) is 19.4. The number of aromatic nitrogens is 2. The van der Waals surface area contributed by atoms with Gasteiger partial charge in [0.2, 0.25) is 11.7 Å². The zero-order valence-electron chi connectivity index (χ0n) is 16.3. The molecule has 0 bridgehead atoms. The standard InChI is InChI=1S/C24H18ClFN2O3/c25-18-10-20-17(21(23(31)28-20)22(30)15-5-8-27-11-19(15)26)9-16(18)13-1-3-14(4-2-13)24(12-29)6-7-24/h1-5,8-11,28-29,31H,6-7,12H2. The van der Waals surface area contributed by atoms with Gasteiger partial charge in [0.1, 0.15) is 0 Å². The second-order valence-corrected chi connectivity index (χ2v) is 8.33. The van der Waals surface area contributed by atoms with Gasteiger partial charge < -0.3 is 15.2 Å². The van der Waals surface area contributed by atoms with Gasteiger partial charge in [-0.15, -0.1) is 0 Å². The monoisotopic (exact) mass is 436 g/mol. The molecule has 156 valence electrons. The van der Waals surface area contributed by atoms with Crippen molar-refractivity contribution >= 4 is 28.3 Å². The molecule has 0 saturated heterocycles. The quantitative estimate of drug-likeness (QED) is 0.385. The van der Waals surface area contributed by atoms with Crippen molar-refractivity contribution in [2.45, 2.75) is 18.3 Å². The lowest BCUT2D eigenvalue weighted by molar-refractivity contribution is 0.103. The van der Waals surface area contributed by atoms with Gasteiger partial charge in [0.05, 0.1) is 34.5 Å². The SMILES string of the molecule is O=C(c1ccncc1F)c1c(O)[nH]c2cc(Cl)c(-c3ccc(C4(CO)CC4)cc3)cc12. The number of aromatic hydroxyl groups is 1. The fourth-order valence-electron chi connectivity index (χ4n) is 4.04. The van der Waals surface area contributed by atoms with E-state index in [0.29, 0.717) is 21.5 Å². The van der Waals surface area contributed by atoms with Crippen LogP contribution in [-0.4, -0.2) is 32.6 Å². The molecule has 1 aliphatic rings. The van der Waals surface area contributed by atoms with Crippen LogP contribution in [0.15, 0.2) is 54.9 Å². The fourth-order valence-corrected chi connectivity index (χ4v) is 4.31. The molecule has 2 heterocycles. The Labute approximate surface area is 182 Å². The summed E-state index contributed by atoms with van der Waals surface area (Å²) in [6.45, 7) is 0.124. The molecule has 4 aromatic rings. The molecule has 2 aromatic carbocycles. The van der Waals surface area contributed by atoms with Gasteiger partial charge >= 0.3 is 0 Å². The minimum atomic E-state index is -0.760. The molecule has 31 heavy (non-hydrogen) atoms. The van der Waals surface area contributed by atoms with E-state index in [1.54, 1.807) is 12.1 Å². The van der Waals surface area contributed by atoms with E-state index in [2.05, 4.69) is 9.97 Å². The molecule has 1 aliphatic carbocycles. The number of aromatic amines is 1. The first-order chi connectivity index (χ1) is 14.9. The summed E-state index contributed by atoms with van der Waals surface area (Å²) in [5, 5.41) is 20.9. The Balaban J connectivity index is 1.61. The number of aliphatic hydroxyl groups is 1. The van der Waals surface area contributed by atoms with Crippen molar-refractivity contribution in [2.24, 2.45) is 0 Å². The van der Waals surface area contributed by atoms with Gasteiger partial charge in [-0.25, -0.2) is 4.39 Å². The Morgan fingerprint density at radius 3 is 2.58 bits per heavy atom. The van der Waals surface area contributed by atoms with Crippen molar-refractivity contribution in [2.75, 3.05) is 6.61 Å². The topological polar surface area (TPSA) is 86.2 Å². The lowest BCUT2D eigenvalue weighted by Crippen LogP contribution is -2.11. The van der Waals surface area contributed by atoms with E-state index in [1.165, 1.54) is 12.3 Å². The number of aliphatic hydroxyl groups excluding tert-OH is 1. The van der Waals surface area contributed by atoms with Crippen LogP contribution in [0.4, 0.5) is 4.39 Å². The van der Waals surface area contributed by atoms with Gasteiger partial charge in [-0.3, -0.25) is 9.78 Å². The largest absolute Gasteiger partial charge is 0.494 e. The average molecular weight is 437 g/mol. The number of hydrogen-bond donors (Lipinski definition) is 3. The van der Waals surface area contributed by atoms with Crippen LogP contribution in [0.1, 0.15) is 34.3 Å². The summed E-state index contributed by atoms with van der Waals surface area (Å²) < 4.78 is 14.1. The Bertz CT molecular complexity index is 1330. The van der Waals surface area contributed by atoms with Crippen LogP contribution in [-0.2, 0) is 5.41 Å². The molecular formula is C24H18ClFN2O3. The highest BCUT2D eigenvalue weighted by molar-refractivity contribution is 6.34. The van der Waals surface area contributed by atoms with E-state index in [1.807, 2.05) is 24.3 Å². The third-order valence-corrected chi connectivity index (χ3v) is 6.39. The number of rotatable bonds is 5. The normalized spacial score (nSPS) is 14.7. The van der Waals surface area contributed by atoms with Gasteiger partial charge in [-0.1, -0.05) is 35.9 Å². The number of ketones is 1. The Morgan fingerprint density at radius 2 is 1.94 bits per heavy atom. The highest BCUT2D eigenvalue weighted by atomic mass is 35.5. The number of fused-ring (bicyclic) bond motifs is 1. The number of pyridine rings is 1. The summed E-state index contributed by atoms with van der Waals surface area (Å²) in [5.41, 5.74) is 2.73. The maximum Gasteiger partial charge on any atom is 0.202 e. The second kappa shape index (κ2) is 7.18. The van der Waals surface area contributed by atoms with Crippen molar-refractivity contribution < 1.29 is 19.4 Å². The molecule has 7 heteroatoms. The molecule has 0 amide bonds. The predicted octanol–water partition coefficient (Wildman–Crippen LogP) is 4.98. The number of nitrogens with zero attached hydrogens (tertiary/aromatic N) is 1. The number of carbonyl (C=O) groups excluding carboxylic acids is 1. The molecule has 1 saturated carbocycles. The summed E-state index contributed by atoms with van der Waals surface area (Å²) in [7, 11) is 0. The van der Waals surface area contributed by atoms with Crippen LogP contribution < -0.4 is 0 Å². The highest BCUT2D eigenvalue weighted by Crippen LogP contribution is 2.48. The molecule has 0 unspecified atom stereocenters. The van der Waals surface area contributed by atoms with Crippen LogP contribution >= 0.6 is 11.6 Å². The first-order valence-corrected chi connectivity index (χ1v) is 10.2. The first-order valence-electron chi connectivity index (χ1n) is 9.84. The van der Waals surface area contributed by atoms with Crippen LogP contribution in [0.25, 0.3) is 22.0 Å². The smallest absolute Gasteiger partial charge is 0.202 e. The van der Waals surface area contributed by atoms with E-state index >= 15 is 0 Å². The third kappa shape index (κ3) is 3.19. The number of nitrogens with one attached hydrogen (secondary N) is 1. The molecule has 5 nitrogen and oxygen atoms in total. The third-order valence-electron chi connectivity index (χ3n) is 6.08. The summed E-state index contributed by atoms with van der Waals surface area (Å²) in [6, 6.07) is 12.4. The van der Waals surface area contributed by atoms with Crippen LogP contribution in [0.3, 0.4) is 0 Å². The van der Waals surface area contributed by atoms with Crippen molar-refractivity contribution in [3.8, 4) is 17.0 Å². The minimum Gasteiger partial charge on any atom is -0.494 e. The lowest BCUT2D eigenvalue weighted by Gasteiger charge is -2.13. The van der Waals surface area contributed by atoms with Gasteiger partial charge in [0.15, 0.2) is 5.82 Å². The average Bonchev–Trinajstić information content (AvgIpc) is 3.50. The molecule has 0 radical (unpaired) electrons. The Morgan fingerprint density at radius 1 is 1.19 bits per heavy atom. The van der Waals surface area contributed by atoms with Gasteiger partial charge in [0, 0.05) is 22.6 Å². The summed E-state index contributed by atoms with van der Waals surface area (Å²) >= 11 is 6.50. The Hall–Kier alpha value is -3.22. The molecule has 2 aromatic heterocycles. The van der Waals surface area contributed by atoms with Crippen LogP contribution in [0.5, 0.6) is 5.88 Å². The number of carbonyl (C=O) groups is 1. The predicted molar refractivity (Wildman–Crippen MR) is 116 cm³/mol. The fraction of sp³-hybridized carbons (Fsp3) is 0.167. The van der Waals surface area contributed by atoms with Crippen molar-refractivity contribution in [3.05, 3.63) is 82.4 Å². The summed E-state index contributed by atoms with van der Waals surface area (Å²) in [5.74, 6) is -1.76. The maximum atomic E-state index is 14.1. The molecule has 0 aliphatic heterocycles. The van der Waals surface area contributed by atoms with Gasteiger partial charge in [-0.05, 0) is 42.2 Å². The maximum absolute atomic E-state index is 14.1. The zero-order chi connectivity index (χ0) is 21.8. The number of benzene rings is 2. The van der Waals surface area contributed by atoms with Crippen molar-refractivity contribution in [3.63, 3.8) is 0 Å². The molecule has 1 fully saturated rings. The number of H-pyrrole nitrogens is 1. The number of hydrogen-bond acceptors (Lipinski definition) is 4. The minimum absolute atomic E-state index is 0.0214. The van der Waals surface area contributed by atoms with Gasteiger partial charge in [-0.2, -0.15) is 0 Å². The van der Waals surface area contributed by atoms with E-state index in [-0.39, 0.29) is 29.0 Å². The van der Waals surface area contributed by atoms with Gasteiger partial charge in [0.25, 0.3) is 0 Å². The van der Waals surface area contributed by atoms with Crippen LogP contribution in [0.2, 0.25) is 5.02 Å². The summed E-state index contributed by atoms with van der Waals surface area (Å²) in [6.07, 6.45) is 4.22. The molecule has 0 atom stereocenters. The molecule has 0 spiro atoms. The highest BCUT2D eigenvalue weighted by Gasteiger charge is 2.43. The van der Waals surface area contributed by atoms with E-state index in [0.717, 1.165) is 30.2 Å². The van der Waals surface area contributed by atoms with E-state index < -0.39 is 11.6 Å². The Kier molecular flexibility index (Phi) is 4.57.